The third-order valence-electron chi connectivity index (χ3n) is 7.62. The van der Waals surface area contributed by atoms with E-state index in [1.54, 1.807) is 7.05 Å². The SMILES string of the molecule is CN1CCC(N2CCN(C(=O)CN(C)C(=O)c3nc4ccccc4n3Cc3ccccc3)CC2)CC1. The summed E-state index contributed by atoms with van der Waals surface area (Å²) in [5, 5.41) is 0. The molecule has 2 amide bonds. The zero-order valence-corrected chi connectivity index (χ0v) is 21.3. The van der Waals surface area contributed by atoms with Crippen LogP contribution in [0.25, 0.3) is 11.0 Å². The fourth-order valence-electron chi connectivity index (χ4n) is 5.41. The molecule has 3 aromatic rings. The molecule has 2 aromatic carbocycles. The maximum absolute atomic E-state index is 13.5. The number of likely N-dealkylation sites (N-methyl/N-ethyl adjacent to an activating group) is 1. The number of carbonyl (C=O) groups excluding carboxylic acids is 2. The topological polar surface area (TPSA) is 64.9 Å². The minimum atomic E-state index is -0.236. The fourth-order valence-corrected chi connectivity index (χ4v) is 5.41. The van der Waals surface area contributed by atoms with Crippen LogP contribution in [0, 0.1) is 0 Å². The number of imidazole rings is 1. The van der Waals surface area contributed by atoms with Gasteiger partial charge in [0.05, 0.1) is 17.6 Å². The normalized spacial score (nSPS) is 18.0. The van der Waals surface area contributed by atoms with Crippen LogP contribution in [0.15, 0.2) is 54.6 Å². The molecule has 2 aliphatic rings. The van der Waals surface area contributed by atoms with Gasteiger partial charge in [-0.15, -0.1) is 0 Å². The summed E-state index contributed by atoms with van der Waals surface area (Å²) < 4.78 is 1.95. The lowest BCUT2D eigenvalue weighted by molar-refractivity contribution is -0.133. The summed E-state index contributed by atoms with van der Waals surface area (Å²) >= 11 is 0. The molecule has 0 radical (unpaired) electrons. The summed E-state index contributed by atoms with van der Waals surface area (Å²) in [7, 11) is 3.88. The van der Waals surface area contributed by atoms with Gasteiger partial charge < -0.3 is 19.3 Å². The summed E-state index contributed by atoms with van der Waals surface area (Å²) in [6, 6.07) is 18.5. The fraction of sp³-hybridized carbons (Fsp3) is 0.464. The van der Waals surface area contributed by atoms with Crippen LogP contribution in [-0.2, 0) is 11.3 Å². The first-order valence-corrected chi connectivity index (χ1v) is 12.9. The van der Waals surface area contributed by atoms with E-state index in [2.05, 4.69) is 21.8 Å². The molecule has 2 aliphatic heterocycles. The number of para-hydroxylation sites is 2. The Kier molecular flexibility index (Phi) is 7.34. The maximum atomic E-state index is 13.5. The number of amides is 2. The highest BCUT2D eigenvalue weighted by Gasteiger charge is 2.29. The number of hydrogen-bond acceptors (Lipinski definition) is 5. The van der Waals surface area contributed by atoms with Gasteiger partial charge in [0, 0.05) is 45.8 Å². The molecule has 8 nitrogen and oxygen atoms in total. The van der Waals surface area contributed by atoms with E-state index in [1.165, 1.54) is 17.7 Å². The smallest absolute Gasteiger partial charge is 0.290 e. The van der Waals surface area contributed by atoms with E-state index in [0.29, 0.717) is 18.4 Å². The third-order valence-corrected chi connectivity index (χ3v) is 7.62. The van der Waals surface area contributed by atoms with E-state index < -0.39 is 0 Å². The van der Waals surface area contributed by atoms with Crippen LogP contribution < -0.4 is 0 Å². The number of likely N-dealkylation sites (tertiary alicyclic amines) is 1. The molecular formula is C28H36N6O2. The monoisotopic (exact) mass is 488 g/mol. The van der Waals surface area contributed by atoms with Crippen LogP contribution in [0.2, 0.25) is 0 Å². The van der Waals surface area contributed by atoms with E-state index in [9.17, 15) is 9.59 Å². The van der Waals surface area contributed by atoms with Crippen LogP contribution in [-0.4, -0.2) is 107 Å². The molecule has 0 saturated carbocycles. The Hall–Kier alpha value is -3.23. The highest BCUT2D eigenvalue weighted by atomic mass is 16.2. The lowest BCUT2D eigenvalue weighted by Crippen LogP contribution is -2.55. The van der Waals surface area contributed by atoms with Gasteiger partial charge in [0.1, 0.15) is 0 Å². The molecule has 2 saturated heterocycles. The van der Waals surface area contributed by atoms with Crippen molar-refractivity contribution in [3.8, 4) is 0 Å². The molecule has 0 unspecified atom stereocenters. The van der Waals surface area contributed by atoms with Gasteiger partial charge in [-0.2, -0.15) is 0 Å². The molecule has 1 aromatic heterocycles. The number of rotatable bonds is 6. The second kappa shape index (κ2) is 10.8. The van der Waals surface area contributed by atoms with Gasteiger partial charge in [-0.1, -0.05) is 42.5 Å². The molecule has 0 aliphatic carbocycles. The standard InChI is InChI=1S/C28H36N6O2/c1-30-14-12-23(13-15-30)32-16-18-33(19-17-32)26(35)21-31(2)28(36)27-29-24-10-6-7-11-25(24)34(27)20-22-8-4-3-5-9-22/h3-11,23H,12-21H2,1-2H3. The van der Waals surface area contributed by atoms with Gasteiger partial charge in [0.25, 0.3) is 5.91 Å². The minimum Gasteiger partial charge on any atom is -0.339 e. The van der Waals surface area contributed by atoms with E-state index >= 15 is 0 Å². The van der Waals surface area contributed by atoms with Crippen molar-refractivity contribution in [1.82, 2.24) is 29.2 Å². The van der Waals surface area contributed by atoms with Crippen molar-refractivity contribution in [1.29, 1.82) is 0 Å². The molecule has 0 bridgehead atoms. The first-order valence-electron chi connectivity index (χ1n) is 12.9. The van der Waals surface area contributed by atoms with E-state index in [4.69, 9.17) is 0 Å². The molecule has 3 heterocycles. The number of benzene rings is 2. The summed E-state index contributed by atoms with van der Waals surface area (Å²) in [5.41, 5.74) is 2.78. The molecule has 0 N–H and O–H groups in total. The highest BCUT2D eigenvalue weighted by Crippen LogP contribution is 2.20. The third kappa shape index (κ3) is 5.29. The number of fused-ring (bicyclic) bond motifs is 1. The molecule has 36 heavy (non-hydrogen) atoms. The zero-order chi connectivity index (χ0) is 25.1. The Morgan fingerprint density at radius 3 is 2.31 bits per heavy atom. The van der Waals surface area contributed by atoms with Crippen LogP contribution in [0.1, 0.15) is 29.0 Å². The van der Waals surface area contributed by atoms with Crippen molar-refractivity contribution in [3.63, 3.8) is 0 Å². The Bertz CT molecular complexity index is 1190. The summed E-state index contributed by atoms with van der Waals surface area (Å²) in [5.74, 6) is 0.127. The summed E-state index contributed by atoms with van der Waals surface area (Å²) in [4.78, 5) is 39.6. The number of piperazine rings is 1. The maximum Gasteiger partial charge on any atom is 0.290 e. The molecule has 0 atom stereocenters. The molecule has 8 heteroatoms. The molecular weight excluding hydrogens is 452 g/mol. The van der Waals surface area contributed by atoms with Gasteiger partial charge >= 0.3 is 0 Å². The van der Waals surface area contributed by atoms with Crippen molar-refractivity contribution in [2.75, 3.05) is 59.9 Å². The lowest BCUT2D eigenvalue weighted by atomic mass is 10.0. The Morgan fingerprint density at radius 1 is 0.917 bits per heavy atom. The number of carbonyl (C=O) groups is 2. The van der Waals surface area contributed by atoms with Crippen molar-refractivity contribution < 1.29 is 9.59 Å². The van der Waals surface area contributed by atoms with E-state index in [1.807, 2.05) is 64.1 Å². The van der Waals surface area contributed by atoms with E-state index in [-0.39, 0.29) is 18.4 Å². The largest absolute Gasteiger partial charge is 0.339 e. The molecule has 0 spiro atoms. The first-order chi connectivity index (χ1) is 17.5. The van der Waals surface area contributed by atoms with Gasteiger partial charge in [-0.25, -0.2) is 4.98 Å². The second-order valence-corrected chi connectivity index (χ2v) is 10.1. The van der Waals surface area contributed by atoms with Gasteiger partial charge in [0.2, 0.25) is 11.7 Å². The predicted octanol–water partition coefficient (Wildman–Crippen LogP) is 2.40. The van der Waals surface area contributed by atoms with Crippen LogP contribution in [0.4, 0.5) is 0 Å². The number of piperidine rings is 1. The van der Waals surface area contributed by atoms with Crippen LogP contribution >= 0.6 is 0 Å². The number of aromatic nitrogens is 2. The molecule has 5 rings (SSSR count). The van der Waals surface area contributed by atoms with Crippen LogP contribution in [0.3, 0.4) is 0 Å². The molecule has 190 valence electrons. The minimum absolute atomic E-state index is 0.000372. The van der Waals surface area contributed by atoms with Gasteiger partial charge in [-0.3, -0.25) is 14.5 Å². The van der Waals surface area contributed by atoms with Gasteiger partial charge in [-0.05, 0) is 50.7 Å². The van der Waals surface area contributed by atoms with Gasteiger partial charge in [0.15, 0.2) is 0 Å². The number of nitrogens with zero attached hydrogens (tertiary/aromatic N) is 6. The van der Waals surface area contributed by atoms with Crippen molar-refractivity contribution in [2.45, 2.75) is 25.4 Å². The first kappa shape index (κ1) is 24.5. The van der Waals surface area contributed by atoms with Crippen molar-refractivity contribution in [2.24, 2.45) is 0 Å². The lowest BCUT2D eigenvalue weighted by Gasteiger charge is -2.42. The van der Waals surface area contributed by atoms with Crippen molar-refractivity contribution in [3.05, 3.63) is 66.0 Å². The average Bonchev–Trinajstić information content (AvgIpc) is 3.27. The zero-order valence-electron chi connectivity index (χ0n) is 21.3. The quantitative estimate of drug-likeness (QED) is 0.533. The predicted molar refractivity (Wildman–Crippen MR) is 141 cm³/mol. The van der Waals surface area contributed by atoms with Crippen LogP contribution in [0.5, 0.6) is 0 Å². The highest BCUT2D eigenvalue weighted by molar-refractivity contribution is 5.96. The average molecular weight is 489 g/mol. The van der Waals surface area contributed by atoms with E-state index in [0.717, 1.165) is 55.9 Å². The Morgan fingerprint density at radius 2 is 1.58 bits per heavy atom. The summed E-state index contributed by atoms with van der Waals surface area (Å²) in [6.07, 6.45) is 2.40. The molecule has 2 fully saturated rings. The summed E-state index contributed by atoms with van der Waals surface area (Å²) in [6.45, 7) is 6.15. The Balaban J connectivity index is 1.23. The van der Waals surface area contributed by atoms with Crippen molar-refractivity contribution >= 4 is 22.8 Å². The number of hydrogen-bond donors (Lipinski definition) is 0. The Labute approximate surface area is 213 Å². The second-order valence-electron chi connectivity index (χ2n) is 10.1.